The van der Waals surface area contributed by atoms with Crippen molar-refractivity contribution in [1.29, 1.82) is 0 Å². The molecule has 3 aromatic rings. The van der Waals surface area contributed by atoms with Crippen molar-refractivity contribution < 1.29 is 14.3 Å². The highest BCUT2D eigenvalue weighted by atomic mass is 79.9. The zero-order valence-electron chi connectivity index (χ0n) is 14.1. The van der Waals surface area contributed by atoms with Crippen LogP contribution >= 0.6 is 15.9 Å². The van der Waals surface area contributed by atoms with Gasteiger partial charge in [0.2, 0.25) is 5.95 Å². The Morgan fingerprint density at radius 2 is 1.88 bits per heavy atom. The van der Waals surface area contributed by atoms with Crippen molar-refractivity contribution in [2.45, 2.75) is 6.54 Å². The third kappa shape index (κ3) is 4.82. The fourth-order valence-electron chi connectivity index (χ4n) is 2.25. The minimum absolute atomic E-state index is 0.165. The molecule has 0 saturated carbocycles. The summed E-state index contributed by atoms with van der Waals surface area (Å²) >= 11 is 3.40. The molecule has 0 unspecified atom stereocenters. The molecule has 0 aliphatic carbocycles. The Balaban J connectivity index is 1.53. The van der Waals surface area contributed by atoms with E-state index in [1.807, 2.05) is 30.3 Å². The number of anilines is 1. The fourth-order valence-corrected chi connectivity index (χ4v) is 2.51. The smallest absolute Gasteiger partial charge is 0.264 e. The second-order valence-corrected chi connectivity index (χ2v) is 6.30. The molecule has 0 atom stereocenters. The van der Waals surface area contributed by atoms with Gasteiger partial charge in [0.1, 0.15) is 6.33 Å². The number of benzene rings is 2. The molecule has 0 spiro atoms. The number of ether oxygens (including phenoxy) is 2. The number of amides is 1. The lowest BCUT2D eigenvalue weighted by Gasteiger charge is -2.09. The first kappa shape index (κ1) is 17.9. The number of nitrogens with one attached hydrogen (secondary N) is 1. The lowest BCUT2D eigenvalue weighted by Crippen LogP contribution is -2.21. The van der Waals surface area contributed by atoms with E-state index in [9.17, 15) is 4.79 Å². The van der Waals surface area contributed by atoms with Crippen molar-refractivity contribution in [2.75, 3.05) is 19.0 Å². The van der Waals surface area contributed by atoms with E-state index in [1.54, 1.807) is 36.3 Å². The van der Waals surface area contributed by atoms with Gasteiger partial charge in [0.25, 0.3) is 5.91 Å². The van der Waals surface area contributed by atoms with Crippen LogP contribution in [0.5, 0.6) is 11.5 Å². The summed E-state index contributed by atoms with van der Waals surface area (Å²) in [7, 11) is 1.55. The monoisotopic (exact) mass is 416 g/mol. The van der Waals surface area contributed by atoms with Crippen molar-refractivity contribution >= 4 is 27.8 Å². The van der Waals surface area contributed by atoms with Crippen LogP contribution in [0.2, 0.25) is 0 Å². The highest BCUT2D eigenvalue weighted by molar-refractivity contribution is 9.10. The standard InChI is InChI=1S/C18H17BrN4O3/c1-25-15-4-2-3-5-16(15)26-11-17(24)21-18-20-12-23(22-18)10-13-6-8-14(19)9-7-13/h2-9,12H,10-11H2,1H3,(H,21,22,24). The molecular formula is C18H17BrN4O3. The lowest BCUT2D eigenvalue weighted by molar-refractivity contribution is -0.118. The summed E-state index contributed by atoms with van der Waals surface area (Å²) in [4.78, 5) is 16.1. The van der Waals surface area contributed by atoms with E-state index in [-0.39, 0.29) is 18.5 Å². The van der Waals surface area contributed by atoms with Crippen LogP contribution in [0.25, 0.3) is 0 Å². The van der Waals surface area contributed by atoms with E-state index in [4.69, 9.17) is 9.47 Å². The van der Waals surface area contributed by atoms with Crippen molar-refractivity contribution in [3.8, 4) is 11.5 Å². The molecule has 0 aliphatic rings. The number of para-hydroxylation sites is 2. The molecular weight excluding hydrogens is 400 g/mol. The van der Waals surface area contributed by atoms with Crippen LogP contribution in [0.15, 0.2) is 59.3 Å². The van der Waals surface area contributed by atoms with Crippen LogP contribution in [0.1, 0.15) is 5.56 Å². The summed E-state index contributed by atoms with van der Waals surface area (Å²) in [5.41, 5.74) is 1.08. The minimum Gasteiger partial charge on any atom is -0.493 e. The Hall–Kier alpha value is -2.87. The number of carbonyl (C=O) groups is 1. The zero-order chi connectivity index (χ0) is 18.4. The largest absolute Gasteiger partial charge is 0.493 e. The number of aromatic nitrogens is 3. The Labute approximate surface area is 159 Å². The van der Waals surface area contributed by atoms with Crippen LogP contribution in [-0.4, -0.2) is 34.4 Å². The zero-order valence-corrected chi connectivity index (χ0v) is 15.6. The molecule has 134 valence electrons. The van der Waals surface area contributed by atoms with Crippen molar-refractivity contribution in [1.82, 2.24) is 14.8 Å². The van der Waals surface area contributed by atoms with Crippen LogP contribution in [-0.2, 0) is 11.3 Å². The maximum atomic E-state index is 12.0. The highest BCUT2D eigenvalue weighted by Gasteiger charge is 2.10. The van der Waals surface area contributed by atoms with E-state index in [2.05, 4.69) is 31.3 Å². The van der Waals surface area contributed by atoms with Crippen molar-refractivity contribution in [3.63, 3.8) is 0 Å². The maximum absolute atomic E-state index is 12.0. The average Bonchev–Trinajstić information content (AvgIpc) is 3.09. The first-order valence-corrected chi connectivity index (χ1v) is 8.63. The summed E-state index contributed by atoms with van der Waals surface area (Å²) in [6.45, 7) is 0.398. The fraction of sp³-hybridized carbons (Fsp3) is 0.167. The summed E-state index contributed by atoms with van der Waals surface area (Å²) in [6, 6.07) is 15.0. The third-order valence-corrected chi connectivity index (χ3v) is 4.00. The second kappa shape index (κ2) is 8.48. The van der Waals surface area contributed by atoms with Crippen LogP contribution < -0.4 is 14.8 Å². The van der Waals surface area contributed by atoms with E-state index in [0.29, 0.717) is 18.0 Å². The Morgan fingerprint density at radius 1 is 1.15 bits per heavy atom. The molecule has 0 bridgehead atoms. The van der Waals surface area contributed by atoms with Gasteiger partial charge in [-0.2, -0.15) is 0 Å². The van der Waals surface area contributed by atoms with Gasteiger partial charge in [0, 0.05) is 4.47 Å². The third-order valence-electron chi connectivity index (χ3n) is 3.47. The Bertz CT molecular complexity index is 880. The lowest BCUT2D eigenvalue weighted by atomic mass is 10.2. The number of hydrogen-bond acceptors (Lipinski definition) is 5. The van der Waals surface area contributed by atoms with E-state index in [1.165, 1.54) is 0 Å². The predicted molar refractivity (Wildman–Crippen MR) is 100 cm³/mol. The van der Waals surface area contributed by atoms with Gasteiger partial charge >= 0.3 is 0 Å². The summed E-state index contributed by atoms with van der Waals surface area (Å²) in [5, 5.41) is 6.85. The van der Waals surface area contributed by atoms with Gasteiger partial charge in [-0.1, -0.05) is 40.2 Å². The summed E-state index contributed by atoms with van der Waals surface area (Å²) in [5.74, 6) is 0.948. The van der Waals surface area contributed by atoms with Gasteiger partial charge < -0.3 is 9.47 Å². The van der Waals surface area contributed by atoms with Crippen LogP contribution in [0, 0.1) is 0 Å². The van der Waals surface area contributed by atoms with Crippen LogP contribution in [0.3, 0.4) is 0 Å². The molecule has 8 heteroatoms. The van der Waals surface area contributed by atoms with Gasteiger partial charge in [-0.25, -0.2) is 9.67 Å². The molecule has 0 aliphatic heterocycles. The Morgan fingerprint density at radius 3 is 2.62 bits per heavy atom. The van der Waals surface area contributed by atoms with Gasteiger partial charge in [-0.3, -0.25) is 10.1 Å². The topological polar surface area (TPSA) is 78.3 Å². The quantitative estimate of drug-likeness (QED) is 0.639. The second-order valence-electron chi connectivity index (χ2n) is 5.38. The van der Waals surface area contributed by atoms with Crippen molar-refractivity contribution in [2.24, 2.45) is 0 Å². The average molecular weight is 417 g/mol. The molecule has 2 aromatic carbocycles. The molecule has 7 nitrogen and oxygen atoms in total. The first-order chi connectivity index (χ1) is 12.6. The summed E-state index contributed by atoms with van der Waals surface area (Å²) < 4.78 is 13.3. The molecule has 0 fully saturated rings. The SMILES string of the molecule is COc1ccccc1OCC(=O)Nc1ncn(Cc2ccc(Br)cc2)n1. The molecule has 26 heavy (non-hydrogen) atoms. The number of methoxy groups -OCH3 is 1. The maximum Gasteiger partial charge on any atom is 0.264 e. The number of carbonyl (C=O) groups excluding carboxylic acids is 1. The molecule has 1 heterocycles. The number of halogens is 1. The highest BCUT2D eigenvalue weighted by Crippen LogP contribution is 2.25. The minimum atomic E-state index is -0.350. The molecule has 0 radical (unpaired) electrons. The number of rotatable bonds is 7. The predicted octanol–water partition coefficient (Wildman–Crippen LogP) is 3.12. The first-order valence-electron chi connectivity index (χ1n) is 7.83. The molecule has 3 rings (SSSR count). The van der Waals surface area contributed by atoms with Gasteiger partial charge in [0.05, 0.1) is 13.7 Å². The number of hydrogen-bond donors (Lipinski definition) is 1. The van der Waals surface area contributed by atoms with Gasteiger partial charge in [-0.05, 0) is 29.8 Å². The van der Waals surface area contributed by atoms with Gasteiger partial charge in [-0.15, -0.1) is 5.10 Å². The van der Waals surface area contributed by atoms with E-state index < -0.39 is 0 Å². The van der Waals surface area contributed by atoms with Crippen molar-refractivity contribution in [3.05, 3.63) is 64.9 Å². The molecule has 1 aromatic heterocycles. The summed E-state index contributed by atoms with van der Waals surface area (Å²) in [6.07, 6.45) is 1.57. The molecule has 1 N–H and O–H groups in total. The Kier molecular flexibility index (Phi) is 5.85. The number of nitrogens with zero attached hydrogens (tertiary/aromatic N) is 3. The molecule has 1 amide bonds. The molecule has 0 saturated heterocycles. The van der Waals surface area contributed by atoms with E-state index in [0.717, 1.165) is 10.0 Å². The van der Waals surface area contributed by atoms with Crippen LogP contribution in [0.4, 0.5) is 5.95 Å². The van der Waals surface area contributed by atoms with E-state index >= 15 is 0 Å². The van der Waals surface area contributed by atoms with Gasteiger partial charge in [0.15, 0.2) is 18.1 Å². The normalized spacial score (nSPS) is 10.4.